The van der Waals surface area contributed by atoms with E-state index in [-0.39, 0.29) is 31.1 Å². The molecule has 0 aliphatic rings. The Labute approximate surface area is 512 Å². The molecule has 470 valence electrons. The topological polar surface area (TPSA) is 78.9 Å². The monoisotopic (exact) mass is 1150 g/mol. The summed E-state index contributed by atoms with van der Waals surface area (Å²) in [6.07, 6.45) is 100.0. The van der Waals surface area contributed by atoms with Crippen molar-refractivity contribution in [2.24, 2.45) is 0 Å². The summed E-state index contributed by atoms with van der Waals surface area (Å²) in [7, 11) is 0. The van der Waals surface area contributed by atoms with Crippen LogP contribution in [0.3, 0.4) is 0 Å². The fourth-order valence-electron chi connectivity index (χ4n) is 9.17. The maximum Gasteiger partial charge on any atom is 0.306 e. The van der Waals surface area contributed by atoms with Crippen LogP contribution in [-0.4, -0.2) is 37.2 Å². The molecule has 0 bridgehead atoms. The summed E-state index contributed by atoms with van der Waals surface area (Å²) in [5, 5.41) is 0. The first kappa shape index (κ1) is 78.3. The minimum absolute atomic E-state index is 0.0965. The van der Waals surface area contributed by atoms with E-state index in [0.29, 0.717) is 19.3 Å². The molecule has 0 aliphatic carbocycles. The van der Waals surface area contributed by atoms with E-state index in [1.54, 1.807) is 0 Å². The molecule has 1 unspecified atom stereocenters. The molecular formula is C77H126O6. The van der Waals surface area contributed by atoms with Crippen LogP contribution >= 0.6 is 0 Å². The van der Waals surface area contributed by atoms with Gasteiger partial charge in [-0.2, -0.15) is 0 Å². The van der Waals surface area contributed by atoms with Crippen molar-refractivity contribution in [2.45, 2.75) is 309 Å². The van der Waals surface area contributed by atoms with E-state index in [1.165, 1.54) is 103 Å². The number of unbranched alkanes of at least 4 members (excludes halogenated alkanes) is 26. The minimum atomic E-state index is -0.801. The molecule has 6 nitrogen and oxygen atoms in total. The quantitative estimate of drug-likeness (QED) is 0.0261. The maximum atomic E-state index is 12.9. The van der Waals surface area contributed by atoms with Crippen molar-refractivity contribution >= 4 is 17.9 Å². The average molecular weight is 1150 g/mol. The number of ether oxygens (including phenoxy) is 3. The van der Waals surface area contributed by atoms with E-state index in [1.807, 2.05) is 0 Å². The smallest absolute Gasteiger partial charge is 0.306 e. The second-order valence-electron chi connectivity index (χ2n) is 22.3. The fraction of sp³-hybridized carbons (Fsp3) is 0.649. The van der Waals surface area contributed by atoms with Gasteiger partial charge >= 0.3 is 17.9 Å². The molecular weight excluding hydrogens is 1020 g/mol. The molecule has 83 heavy (non-hydrogen) atoms. The van der Waals surface area contributed by atoms with Crippen LogP contribution in [0.4, 0.5) is 0 Å². The summed E-state index contributed by atoms with van der Waals surface area (Å²) in [4.78, 5) is 38.4. The molecule has 0 aromatic carbocycles. The van der Waals surface area contributed by atoms with E-state index in [0.717, 1.165) is 161 Å². The number of carbonyl (C=O) groups excluding carboxylic acids is 3. The van der Waals surface area contributed by atoms with Gasteiger partial charge in [0.2, 0.25) is 0 Å². The van der Waals surface area contributed by atoms with Crippen LogP contribution in [0.2, 0.25) is 0 Å². The van der Waals surface area contributed by atoms with Crippen molar-refractivity contribution < 1.29 is 28.6 Å². The van der Waals surface area contributed by atoms with Crippen molar-refractivity contribution in [3.05, 3.63) is 146 Å². The molecule has 0 rings (SSSR count). The standard InChI is InChI=1S/C77H126O6/c1-4-7-10-13-16-19-22-25-28-30-31-32-33-34-35-36-37-38-39-40-41-42-43-44-45-47-49-52-55-58-61-64-67-70-76(79)82-73-74(72-81-75(78)69-66-63-60-57-54-51-48-27-24-21-18-15-12-9-6-3)83-77(80)71-68-65-62-59-56-53-50-46-29-26-23-20-17-14-11-8-5-2/h7,10,16,18-19,21,25-29,31-32,34-35,37-38,40-41,43-44,47-49,74H,4-6,8-9,11-15,17,20,22-24,30,33,36,39,42,45-46,50-73H2,1-3H3/b10-7-,19-16-,21-18-,28-25-,29-26-,32-31-,35-34-,38-37-,41-40-,44-43-,48-27-,49-47-. The number of allylic oxidation sites excluding steroid dienone is 24. The summed E-state index contributed by atoms with van der Waals surface area (Å²) in [5.41, 5.74) is 0. The van der Waals surface area contributed by atoms with Gasteiger partial charge in [0.15, 0.2) is 6.10 Å². The van der Waals surface area contributed by atoms with E-state index >= 15 is 0 Å². The SMILES string of the molecule is CC/C=C\C/C=C\C/C=C\C/C=C\C/C=C\C/C=C\C/C=C\C/C=C\C/C=C\CCCCCCCC(=O)OCC(COC(=O)CCCCCCC/C=C\C/C=C\CCCCC)OC(=O)CCCCCCCCC/C=C\CCCCCCCC. The van der Waals surface area contributed by atoms with Crippen molar-refractivity contribution in [1.82, 2.24) is 0 Å². The Morgan fingerprint density at radius 1 is 0.253 bits per heavy atom. The first-order valence-corrected chi connectivity index (χ1v) is 34.3. The van der Waals surface area contributed by atoms with Gasteiger partial charge < -0.3 is 14.2 Å². The number of esters is 3. The Balaban J connectivity index is 4.38. The van der Waals surface area contributed by atoms with Gasteiger partial charge in [-0.05, 0) is 148 Å². The lowest BCUT2D eigenvalue weighted by Crippen LogP contribution is -2.30. The normalized spacial score (nSPS) is 13.0. The third kappa shape index (κ3) is 68.0. The highest BCUT2D eigenvalue weighted by Crippen LogP contribution is 2.15. The molecule has 0 spiro atoms. The first-order chi connectivity index (χ1) is 41.0. The predicted molar refractivity (Wildman–Crippen MR) is 362 cm³/mol. The van der Waals surface area contributed by atoms with Crippen LogP contribution in [0.15, 0.2) is 146 Å². The van der Waals surface area contributed by atoms with Crippen LogP contribution in [0.1, 0.15) is 303 Å². The lowest BCUT2D eigenvalue weighted by atomic mass is 10.1. The largest absolute Gasteiger partial charge is 0.462 e. The highest BCUT2D eigenvalue weighted by atomic mass is 16.6. The lowest BCUT2D eigenvalue weighted by molar-refractivity contribution is -0.167. The number of hydrogen-bond donors (Lipinski definition) is 0. The van der Waals surface area contributed by atoms with Gasteiger partial charge in [-0.1, -0.05) is 282 Å². The lowest BCUT2D eigenvalue weighted by Gasteiger charge is -2.18. The van der Waals surface area contributed by atoms with E-state index < -0.39 is 6.10 Å². The molecule has 1 atom stereocenters. The summed E-state index contributed by atoms with van der Waals surface area (Å²) >= 11 is 0. The van der Waals surface area contributed by atoms with Gasteiger partial charge in [-0.3, -0.25) is 14.4 Å². The first-order valence-electron chi connectivity index (χ1n) is 34.3. The molecule has 6 heteroatoms. The zero-order valence-electron chi connectivity index (χ0n) is 53.9. The van der Waals surface area contributed by atoms with Crippen LogP contribution in [0.5, 0.6) is 0 Å². The van der Waals surface area contributed by atoms with Crippen LogP contribution < -0.4 is 0 Å². The second kappa shape index (κ2) is 69.8. The van der Waals surface area contributed by atoms with Gasteiger partial charge in [0.05, 0.1) is 0 Å². The zero-order valence-corrected chi connectivity index (χ0v) is 53.9. The van der Waals surface area contributed by atoms with Crippen LogP contribution in [0.25, 0.3) is 0 Å². The molecule has 0 aromatic rings. The Morgan fingerprint density at radius 2 is 0.470 bits per heavy atom. The second-order valence-corrected chi connectivity index (χ2v) is 22.3. The van der Waals surface area contributed by atoms with Crippen molar-refractivity contribution in [3.8, 4) is 0 Å². The van der Waals surface area contributed by atoms with Gasteiger partial charge in [0.25, 0.3) is 0 Å². The molecule has 0 heterocycles. The van der Waals surface area contributed by atoms with Gasteiger partial charge in [0, 0.05) is 19.3 Å². The highest BCUT2D eigenvalue weighted by molar-refractivity contribution is 5.71. The third-order valence-electron chi connectivity index (χ3n) is 14.3. The van der Waals surface area contributed by atoms with E-state index in [2.05, 4.69) is 167 Å². The Bertz CT molecular complexity index is 1800. The molecule has 0 amide bonds. The number of rotatable bonds is 61. The van der Waals surface area contributed by atoms with Crippen molar-refractivity contribution in [2.75, 3.05) is 13.2 Å². The molecule has 0 saturated carbocycles. The van der Waals surface area contributed by atoms with Gasteiger partial charge in [-0.15, -0.1) is 0 Å². The highest BCUT2D eigenvalue weighted by Gasteiger charge is 2.19. The molecule has 0 N–H and O–H groups in total. The van der Waals surface area contributed by atoms with Gasteiger partial charge in [-0.25, -0.2) is 0 Å². The van der Waals surface area contributed by atoms with Crippen molar-refractivity contribution in [1.29, 1.82) is 0 Å². The number of carbonyl (C=O) groups is 3. The van der Waals surface area contributed by atoms with Crippen LogP contribution in [0, 0.1) is 0 Å². The number of hydrogen-bond acceptors (Lipinski definition) is 6. The van der Waals surface area contributed by atoms with E-state index in [9.17, 15) is 14.4 Å². The molecule has 0 saturated heterocycles. The molecule has 0 aliphatic heterocycles. The molecule has 0 aromatic heterocycles. The van der Waals surface area contributed by atoms with Crippen molar-refractivity contribution in [3.63, 3.8) is 0 Å². The third-order valence-corrected chi connectivity index (χ3v) is 14.3. The van der Waals surface area contributed by atoms with E-state index in [4.69, 9.17) is 14.2 Å². The summed E-state index contributed by atoms with van der Waals surface area (Å²) < 4.78 is 16.9. The van der Waals surface area contributed by atoms with Crippen LogP contribution in [-0.2, 0) is 28.6 Å². The molecule has 0 fully saturated rings. The summed E-state index contributed by atoms with van der Waals surface area (Å²) in [5.74, 6) is -0.929. The Morgan fingerprint density at radius 3 is 0.771 bits per heavy atom. The predicted octanol–water partition coefficient (Wildman–Crippen LogP) is 23.9. The minimum Gasteiger partial charge on any atom is -0.462 e. The Kier molecular flexibility index (Phi) is 65.8. The Hall–Kier alpha value is -4.71. The zero-order chi connectivity index (χ0) is 59.9. The average Bonchev–Trinajstić information content (AvgIpc) is 3.49. The maximum absolute atomic E-state index is 12.9. The summed E-state index contributed by atoms with van der Waals surface area (Å²) in [6.45, 7) is 6.48. The van der Waals surface area contributed by atoms with Gasteiger partial charge in [0.1, 0.15) is 13.2 Å². The molecule has 0 radical (unpaired) electrons. The summed E-state index contributed by atoms with van der Waals surface area (Å²) in [6, 6.07) is 0. The fourth-order valence-corrected chi connectivity index (χ4v) is 9.17.